The third kappa shape index (κ3) is 5.07. The molecular weight excluding hydrogens is 326 g/mol. The second-order valence-electron chi connectivity index (χ2n) is 5.87. The Balaban J connectivity index is 2.22. The summed E-state index contributed by atoms with van der Waals surface area (Å²) in [4.78, 5) is 14.9. The number of morpholine rings is 1. The zero-order valence-electron chi connectivity index (χ0n) is 15.4. The predicted molar refractivity (Wildman–Crippen MR) is 92.6 cm³/mol. The quantitative estimate of drug-likeness (QED) is 0.520. The molecule has 1 aromatic rings. The summed E-state index contributed by atoms with van der Waals surface area (Å²) in [5.41, 5.74) is 0.956. The molecule has 0 spiro atoms. The van der Waals surface area contributed by atoms with Crippen LogP contribution < -0.4 is 14.2 Å². The van der Waals surface area contributed by atoms with Crippen LogP contribution in [0, 0.1) is 6.92 Å². The van der Waals surface area contributed by atoms with E-state index in [9.17, 15) is 4.79 Å². The largest absolute Gasteiger partial charge is 0.493 e. The molecule has 0 bridgehead atoms. The molecular formula is C18H27NO6. The maximum absolute atomic E-state index is 12.9. The fraction of sp³-hybridized carbons (Fsp3) is 0.611. The second kappa shape index (κ2) is 9.60. The molecule has 1 fully saturated rings. The molecule has 0 aromatic heterocycles. The summed E-state index contributed by atoms with van der Waals surface area (Å²) < 4.78 is 26.9. The van der Waals surface area contributed by atoms with Gasteiger partial charge in [0.2, 0.25) is 5.75 Å². The Labute approximate surface area is 148 Å². The summed E-state index contributed by atoms with van der Waals surface area (Å²) in [6, 6.07) is 3.22. The van der Waals surface area contributed by atoms with E-state index < -0.39 is 6.04 Å². The van der Waals surface area contributed by atoms with Gasteiger partial charge in [0.25, 0.3) is 0 Å². The van der Waals surface area contributed by atoms with Crippen molar-refractivity contribution in [2.75, 3.05) is 54.2 Å². The van der Waals surface area contributed by atoms with Crippen molar-refractivity contribution >= 4 is 5.97 Å². The average molecular weight is 353 g/mol. The van der Waals surface area contributed by atoms with E-state index >= 15 is 0 Å². The van der Waals surface area contributed by atoms with Gasteiger partial charge in [-0.05, 0) is 31.0 Å². The number of carbonyl (C=O) groups is 1. The Morgan fingerprint density at radius 3 is 2.28 bits per heavy atom. The molecule has 140 valence electrons. The van der Waals surface area contributed by atoms with E-state index in [-0.39, 0.29) is 5.97 Å². The van der Waals surface area contributed by atoms with E-state index in [2.05, 4.69) is 4.90 Å². The number of methoxy groups -OCH3 is 3. The molecule has 0 saturated carbocycles. The van der Waals surface area contributed by atoms with Gasteiger partial charge in [-0.3, -0.25) is 4.90 Å². The number of ether oxygens (including phenoxy) is 5. The van der Waals surface area contributed by atoms with Crippen LogP contribution >= 0.6 is 0 Å². The number of hydrogen-bond donors (Lipinski definition) is 0. The number of hydrogen-bond acceptors (Lipinski definition) is 7. The molecule has 0 amide bonds. The van der Waals surface area contributed by atoms with E-state index in [1.54, 1.807) is 7.11 Å². The molecule has 1 saturated heterocycles. The van der Waals surface area contributed by atoms with Crippen molar-refractivity contribution < 1.29 is 28.5 Å². The molecule has 7 heteroatoms. The minimum atomic E-state index is -0.403. The highest BCUT2D eigenvalue weighted by Gasteiger charge is 2.30. The smallest absolute Gasteiger partial charge is 0.329 e. The average Bonchev–Trinajstić information content (AvgIpc) is 2.63. The van der Waals surface area contributed by atoms with Crippen LogP contribution in [0.2, 0.25) is 0 Å². The van der Waals surface area contributed by atoms with Gasteiger partial charge in [0.15, 0.2) is 11.5 Å². The first-order chi connectivity index (χ1) is 12.1. The highest BCUT2D eigenvalue weighted by atomic mass is 16.6. The van der Waals surface area contributed by atoms with Crippen LogP contribution in [-0.2, 0) is 14.3 Å². The highest BCUT2D eigenvalue weighted by Crippen LogP contribution is 2.38. The third-order valence-corrected chi connectivity index (χ3v) is 4.16. The molecule has 1 unspecified atom stereocenters. The normalized spacial score (nSPS) is 16.3. The lowest BCUT2D eigenvalue weighted by atomic mass is 10.1. The second-order valence-corrected chi connectivity index (χ2v) is 5.87. The minimum Gasteiger partial charge on any atom is -0.493 e. The summed E-state index contributed by atoms with van der Waals surface area (Å²) in [5, 5.41) is 0. The molecule has 1 heterocycles. The van der Waals surface area contributed by atoms with Crippen molar-refractivity contribution in [1.82, 2.24) is 4.90 Å². The lowest BCUT2D eigenvalue weighted by Crippen LogP contribution is -2.49. The molecule has 1 aromatic carbocycles. The van der Waals surface area contributed by atoms with Crippen LogP contribution in [0.25, 0.3) is 0 Å². The fourth-order valence-electron chi connectivity index (χ4n) is 2.85. The highest BCUT2D eigenvalue weighted by molar-refractivity contribution is 5.80. The number of esters is 1. The molecule has 1 atom stereocenters. The van der Waals surface area contributed by atoms with Crippen LogP contribution in [0.3, 0.4) is 0 Å². The molecule has 1 aliphatic rings. The Morgan fingerprint density at radius 1 is 1.16 bits per heavy atom. The predicted octanol–water partition coefficient (Wildman–Crippen LogP) is 1.65. The first-order valence-corrected chi connectivity index (χ1v) is 8.35. The van der Waals surface area contributed by atoms with Gasteiger partial charge < -0.3 is 23.7 Å². The Morgan fingerprint density at radius 2 is 1.76 bits per heavy atom. The number of carbonyl (C=O) groups excluding carboxylic acids is 1. The van der Waals surface area contributed by atoms with Crippen molar-refractivity contribution in [3.63, 3.8) is 0 Å². The number of benzene rings is 1. The molecule has 0 aliphatic carbocycles. The first kappa shape index (κ1) is 19.5. The molecule has 7 nitrogen and oxygen atoms in total. The van der Waals surface area contributed by atoms with E-state index in [1.807, 2.05) is 19.1 Å². The number of aryl methyl sites for hydroxylation is 1. The van der Waals surface area contributed by atoms with Crippen molar-refractivity contribution in [3.8, 4) is 17.2 Å². The minimum absolute atomic E-state index is 0.302. The van der Waals surface area contributed by atoms with Gasteiger partial charge in [-0.1, -0.05) is 0 Å². The monoisotopic (exact) mass is 353 g/mol. The van der Waals surface area contributed by atoms with Crippen molar-refractivity contribution in [1.29, 1.82) is 0 Å². The summed E-state index contributed by atoms with van der Waals surface area (Å²) in [6.07, 6.45) is 0.547. The van der Waals surface area contributed by atoms with E-state index in [0.29, 0.717) is 56.6 Å². The lowest BCUT2D eigenvalue weighted by Gasteiger charge is -2.33. The topological polar surface area (TPSA) is 66.5 Å². The van der Waals surface area contributed by atoms with E-state index in [1.165, 1.54) is 14.2 Å². The SMILES string of the molecule is COCCC(C(=O)Oc1c(OC)cc(C)cc1OC)N1CCOCC1. The Kier molecular flexibility index (Phi) is 7.49. The zero-order chi connectivity index (χ0) is 18.2. The molecule has 2 rings (SSSR count). The summed E-state index contributed by atoms with van der Waals surface area (Å²) in [5.74, 6) is 0.894. The van der Waals surface area contributed by atoms with E-state index in [4.69, 9.17) is 23.7 Å². The number of nitrogens with zero attached hydrogens (tertiary/aromatic N) is 1. The van der Waals surface area contributed by atoms with Gasteiger partial charge in [0, 0.05) is 26.8 Å². The molecule has 25 heavy (non-hydrogen) atoms. The zero-order valence-corrected chi connectivity index (χ0v) is 15.4. The summed E-state index contributed by atoms with van der Waals surface area (Å²) in [7, 11) is 4.69. The van der Waals surface area contributed by atoms with Gasteiger partial charge in [-0.15, -0.1) is 0 Å². The van der Waals surface area contributed by atoms with Crippen LogP contribution in [0.5, 0.6) is 17.2 Å². The van der Waals surface area contributed by atoms with Gasteiger partial charge in [0.05, 0.1) is 27.4 Å². The molecule has 0 radical (unpaired) electrons. The summed E-state index contributed by atoms with van der Waals surface area (Å²) >= 11 is 0. The van der Waals surface area contributed by atoms with Gasteiger partial charge >= 0.3 is 5.97 Å². The Bertz CT molecular complexity index is 546. The van der Waals surface area contributed by atoms with Gasteiger partial charge in [0.1, 0.15) is 6.04 Å². The van der Waals surface area contributed by atoms with Crippen molar-refractivity contribution in [2.24, 2.45) is 0 Å². The first-order valence-electron chi connectivity index (χ1n) is 8.35. The Hall–Kier alpha value is -1.83. The maximum Gasteiger partial charge on any atom is 0.329 e. The molecule has 0 N–H and O–H groups in total. The van der Waals surface area contributed by atoms with Crippen LogP contribution in [0.1, 0.15) is 12.0 Å². The standard InChI is InChI=1S/C18H27NO6/c1-13-11-15(22-3)17(16(12-13)23-4)25-18(20)14(5-8-21-2)19-6-9-24-10-7-19/h11-12,14H,5-10H2,1-4H3. The lowest BCUT2D eigenvalue weighted by molar-refractivity contribution is -0.143. The molecule has 1 aliphatic heterocycles. The van der Waals surface area contributed by atoms with Crippen molar-refractivity contribution in [2.45, 2.75) is 19.4 Å². The summed E-state index contributed by atoms with van der Waals surface area (Å²) in [6.45, 7) is 4.98. The van der Waals surface area contributed by atoms with Crippen LogP contribution in [-0.4, -0.2) is 71.2 Å². The van der Waals surface area contributed by atoms with Crippen LogP contribution in [0.15, 0.2) is 12.1 Å². The fourth-order valence-corrected chi connectivity index (χ4v) is 2.85. The maximum atomic E-state index is 12.9. The van der Waals surface area contributed by atoms with Crippen LogP contribution in [0.4, 0.5) is 0 Å². The van der Waals surface area contributed by atoms with Gasteiger partial charge in [-0.2, -0.15) is 0 Å². The van der Waals surface area contributed by atoms with Gasteiger partial charge in [-0.25, -0.2) is 4.79 Å². The van der Waals surface area contributed by atoms with E-state index in [0.717, 1.165) is 5.56 Å². The number of rotatable bonds is 8. The van der Waals surface area contributed by atoms with Crippen molar-refractivity contribution in [3.05, 3.63) is 17.7 Å². The third-order valence-electron chi connectivity index (χ3n) is 4.16.